The van der Waals surface area contributed by atoms with Gasteiger partial charge in [0.2, 0.25) is 0 Å². The van der Waals surface area contributed by atoms with Gasteiger partial charge in [0.15, 0.2) is 5.78 Å². The van der Waals surface area contributed by atoms with E-state index in [4.69, 9.17) is 0 Å². The molecule has 108 valence electrons. The summed E-state index contributed by atoms with van der Waals surface area (Å²) in [6.07, 6.45) is -0.284. The van der Waals surface area contributed by atoms with Gasteiger partial charge in [-0.25, -0.2) is 8.78 Å². The smallest absolute Gasteiger partial charge is 0.270 e. The molecule has 2 aromatic rings. The lowest BCUT2D eigenvalue weighted by molar-refractivity contribution is -0.384. The van der Waals surface area contributed by atoms with Crippen LogP contribution in [0.25, 0.3) is 0 Å². The second-order valence-corrected chi connectivity index (χ2v) is 4.59. The fourth-order valence-electron chi connectivity index (χ4n) is 1.96. The molecule has 0 heterocycles. The molecule has 0 spiro atoms. The van der Waals surface area contributed by atoms with Gasteiger partial charge in [-0.05, 0) is 24.1 Å². The van der Waals surface area contributed by atoms with Crippen LogP contribution in [-0.4, -0.2) is 10.7 Å². The summed E-state index contributed by atoms with van der Waals surface area (Å²) in [6.45, 7) is 1.64. The molecule has 2 aromatic carbocycles. The highest BCUT2D eigenvalue weighted by atomic mass is 19.1. The third-order valence-corrected chi connectivity index (χ3v) is 3.10. The number of rotatable bonds is 4. The molecule has 21 heavy (non-hydrogen) atoms. The van der Waals surface area contributed by atoms with Crippen LogP contribution >= 0.6 is 0 Å². The van der Waals surface area contributed by atoms with Gasteiger partial charge in [-0.15, -0.1) is 0 Å². The Morgan fingerprint density at radius 2 is 1.90 bits per heavy atom. The summed E-state index contributed by atoms with van der Waals surface area (Å²) in [5.41, 5.74) is 0.567. The minimum Gasteiger partial charge on any atom is -0.294 e. The highest BCUT2D eigenvalue weighted by Gasteiger charge is 2.16. The second kappa shape index (κ2) is 5.78. The zero-order valence-electron chi connectivity index (χ0n) is 11.1. The van der Waals surface area contributed by atoms with Crippen LogP contribution in [0.1, 0.15) is 21.5 Å². The number of non-ortho nitro benzene ring substituents is 1. The Morgan fingerprint density at radius 1 is 1.19 bits per heavy atom. The van der Waals surface area contributed by atoms with Crippen molar-refractivity contribution in [2.45, 2.75) is 13.3 Å². The molecule has 0 bridgehead atoms. The van der Waals surface area contributed by atoms with E-state index in [1.54, 1.807) is 6.92 Å². The molecule has 0 saturated carbocycles. The monoisotopic (exact) mass is 291 g/mol. The number of halogens is 2. The first kappa shape index (κ1) is 14.8. The average Bonchev–Trinajstić information content (AvgIpc) is 2.42. The number of nitro benzene ring substituents is 1. The standard InChI is InChI=1S/C15H11F2NO3/c1-9-2-5-12(18(20)21)8-13(9)15(19)6-10-3-4-11(16)7-14(10)17/h2-5,7-8H,6H2,1H3. The fraction of sp³-hybridized carbons (Fsp3) is 0.133. The average molecular weight is 291 g/mol. The predicted octanol–water partition coefficient (Wildman–Crippen LogP) is 3.61. The SMILES string of the molecule is Cc1ccc([N+](=O)[O-])cc1C(=O)Cc1ccc(F)cc1F. The normalized spacial score (nSPS) is 10.4. The number of hydrogen-bond donors (Lipinski definition) is 0. The van der Waals surface area contributed by atoms with Crippen LogP contribution < -0.4 is 0 Å². The van der Waals surface area contributed by atoms with E-state index in [9.17, 15) is 23.7 Å². The Morgan fingerprint density at radius 3 is 2.52 bits per heavy atom. The van der Waals surface area contributed by atoms with Crippen LogP contribution in [0.2, 0.25) is 0 Å². The van der Waals surface area contributed by atoms with Crippen molar-refractivity contribution in [3.05, 3.63) is 74.8 Å². The lowest BCUT2D eigenvalue weighted by atomic mass is 9.98. The maximum absolute atomic E-state index is 13.5. The van der Waals surface area contributed by atoms with Crippen molar-refractivity contribution >= 4 is 11.5 Å². The lowest BCUT2D eigenvalue weighted by Crippen LogP contribution is -2.08. The topological polar surface area (TPSA) is 60.2 Å². The molecule has 0 aliphatic rings. The summed E-state index contributed by atoms with van der Waals surface area (Å²) in [5, 5.41) is 10.7. The molecule has 0 aliphatic heterocycles. The molecule has 0 fully saturated rings. The van der Waals surface area contributed by atoms with Crippen LogP contribution in [0.5, 0.6) is 0 Å². The van der Waals surface area contributed by atoms with Gasteiger partial charge in [-0.3, -0.25) is 14.9 Å². The first-order valence-electron chi connectivity index (χ1n) is 6.10. The van der Waals surface area contributed by atoms with Crippen molar-refractivity contribution in [1.82, 2.24) is 0 Å². The first-order valence-corrected chi connectivity index (χ1v) is 6.10. The molecule has 4 nitrogen and oxygen atoms in total. The van der Waals surface area contributed by atoms with E-state index in [0.717, 1.165) is 6.07 Å². The number of nitro groups is 1. The molecule has 0 saturated heterocycles. The van der Waals surface area contributed by atoms with Crippen molar-refractivity contribution in [1.29, 1.82) is 0 Å². The summed E-state index contributed by atoms with van der Waals surface area (Å²) in [7, 11) is 0. The molecular formula is C15H11F2NO3. The van der Waals surface area contributed by atoms with Gasteiger partial charge in [0.25, 0.3) is 5.69 Å². The lowest BCUT2D eigenvalue weighted by Gasteiger charge is -2.06. The molecule has 0 unspecified atom stereocenters. The van der Waals surface area contributed by atoms with E-state index in [1.165, 1.54) is 24.3 Å². The summed E-state index contributed by atoms with van der Waals surface area (Å²) < 4.78 is 26.3. The number of Topliss-reactive ketones (excluding diaryl/α,β-unsaturated/α-hetero) is 1. The van der Waals surface area contributed by atoms with Gasteiger partial charge in [0, 0.05) is 30.2 Å². The second-order valence-electron chi connectivity index (χ2n) is 4.59. The van der Waals surface area contributed by atoms with Crippen LogP contribution in [0.3, 0.4) is 0 Å². The van der Waals surface area contributed by atoms with E-state index < -0.39 is 22.3 Å². The van der Waals surface area contributed by atoms with Gasteiger partial charge in [-0.1, -0.05) is 12.1 Å². The molecule has 0 radical (unpaired) electrons. The Balaban J connectivity index is 2.32. The molecule has 6 heteroatoms. The number of carbonyl (C=O) groups excluding carboxylic acids is 1. The first-order chi connectivity index (χ1) is 9.88. The van der Waals surface area contributed by atoms with Gasteiger partial charge < -0.3 is 0 Å². The molecule has 2 rings (SSSR count). The van der Waals surface area contributed by atoms with E-state index >= 15 is 0 Å². The van der Waals surface area contributed by atoms with Crippen LogP contribution in [0.4, 0.5) is 14.5 Å². The van der Waals surface area contributed by atoms with Crippen LogP contribution in [-0.2, 0) is 6.42 Å². The summed E-state index contributed by atoms with van der Waals surface area (Å²) in [5.74, 6) is -2.00. The zero-order valence-corrected chi connectivity index (χ0v) is 11.1. The van der Waals surface area contributed by atoms with Crippen LogP contribution in [0.15, 0.2) is 36.4 Å². The third-order valence-electron chi connectivity index (χ3n) is 3.10. The number of carbonyl (C=O) groups is 1. The zero-order chi connectivity index (χ0) is 15.6. The summed E-state index contributed by atoms with van der Waals surface area (Å²) in [6, 6.07) is 6.88. The van der Waals surface area contributed by atoms with Gasteiger partial charge in [0.05, 0.1) is 4.92 Å². The Labute approximate surface area is 119 Å². The minimum absolute atomic E-state index is 0.0484. The van der Waals surface area contributed by atoms with E-state index in [1.807, 2.05) is 0 Å². The number of ketones is 1. The number of hydrogen-bond acceptors (Lipinski definition) is 3. The molecular weight excluding hydrogens is 280 g/mol. The molecule has 0 atom stereocenters. The van der Waals surface area contributed by atoms with Crippen molar-refractivity contribution in [2.24, 2.45) is 0 Å². The highest BCUT2D eigenvalue weighted by molar-refractivity contribution is 5.99. The minimum atomic E-state index is -0.813. The number of benzene rings is 2. The summed E-state index contributed by atoms with van der Waals surface area (Å²) >= 11 is 0. The van der Waals surface area contributed by atoms with Gasteiger partial charge >= 0.3 is 0 Å². The van der Waals surface area contributed by atoms with E-state index in [2.05, 4.69) is 0 Å². The number of nitrogens with zero attached hydrogens (tertiary/aromatic N) is 1. The molecule has 0 aliphatic carbocycles. The van der Waals surface area contributed by atoms with Crippen molar-refractivity contribution < 1.29 is 18.5 Å². The molecule has 0 aromatic heterocycles. The Bertz CT molecular complexity index is 729. The van der Waals surface area contributed by atoms with Crippen LogP contribution in [0, 0.1) is 28.7 Å². The summed E-state index contributed by atoms with van der Waals surface area (Å²) in [4.78, 5) is 22.3. The largest absolute Gasteiger partial charge is 0.294 e. The highest BCUT2D eigenvalue weighted by Crippen LogP contribution is 2.20. The fourth-order valence-corrected chi connectivity index (χ4v) is 1.96. The van der Waals surface area contributed by atoms with Crippen molar-refractivity contribution in [3.8, 4) is 0 Å². The Hall–Kier alpha value is -2.63. The Kier molecular flexibility index (Phi) is 4.07. The van der Waals surface area contributed by atoms with Crippen molar-refractivity contribution in [2.75, 3.05) is 0 Å². The molecule has 0 amide bonds. The quantitative estimate of drug-likeness (QED) is 0.491. The predicted molar refractivity (Wildman–Crippen MR) is 72.2 cm³/mol. The van der Waals surface area contributed by atoms with E-state index in [0.29, 0.717) is 11.6 Å². The molecule has 0 N–H and O–H groups in total. The van der Waals surface area contributed by atoms with E-state index in [-0.39, 0.29) is 23.2 Å². The van der Waals surface area contributed by atoms with Crippen molar-refractivity contribution in [3.63, 3.8) is 0 Å². The van der Waals surface area contributed by atoms with Gasteiger partial charge in [-0.2, -0.15) is 0 Å². The maximum Gasteiger partial charge on any atom is 0.270 e. The van der Waals surface area contributed by atoms with Gasteiger partial charge in [0.1, 0.15) is 11.6 Å². The number of aryl methyl sites for hydroxylation is 1. The maximum atomic E-state index is 13.5. The third kappa shape index (κ3) is 3.28.